The van der Waals surface area contributed by atoms with Crippen LogP contribution in [0, 0.1) is 35.5 Å². The molecule has 0 aromatic heterocycles. The van der Waals surface area contributed by atoms with E-state index in [1.165, 1.54) is 30.4 Å². The second-order valence-corrected chi connectivity index (χ2v) is 10.4. The molecule has 0 saturated heterocycles. The van der Waals surface area contributed by atoms with E-state index in [2.05, 4.69) is 71.0 Å². The highest BCUT2D eigenvalue weighted by Crippen LogP contribution is 2.17. The molecule has 0 amide bonds. The standard InChI is InChI=1S/C30H48O2/c1-25(2)15-11-17-27(5)19-13-23-29(7,31)21-9-10-22-30(8,32)24-14-20-28(6)18-12-16-26(3)4/h14,19,24,26,28,31-32H,1,11-13,15-18,20,23H2,2-8H3/b24-14+,27-19+. The van der Waals surface area contributed by atoms with Gasteiger partial charge in [-0.3, -0.25) is 0 Å². The molecule has 0 saturated carbocycles. The zero-order valence-electron chi connectivity index (χ0n) is 21.9. The second kappa shape index (κ2) is 16.0. The van der Waals surface area contributed by atoms with Crippen LogP contribution in [-0.4, -0.2) is 21.4 Å². The molecular weight excluding hydrogens is 392 g/mol. The summed E-state index contributed by atoms with van der Waals surface area (Å²) < 4.78 is 0. The van der Waals surface area contributed by atoms with Crippen LogP contribution < -0.4 is 0 Å². The maximum Gasteiger partial charge on any atom is 0.142 e. The van der Waals surface area contributed by atoms with Crippen LogP contribution in [0.25, 0.3) is 0 Å². The molecule has 3 unspecified atom stereocenters. The van der Waals surface area contributed by atoms with Crippen molar-refractivity contribution in [3.63, 3.8) is 0 Å². The molecule has 0 rings (SSSR count). The van der Waals surface area contributed by atoms with Crippen LogP contribution in [0.4, 0.5) is 0 Å². The second-order valence-electron chi connectivity index (χ2n) is 10.4. The largest absolute Gasteiger partial charge is 0.378 e. The first-order valence-corrected chi connectivity index (χ1v) is 12.3. The Labute approximate surface area is 199 Å². The number of allylic oxidation sites excluding steroid dienone is 4. The Morgan fingerprint density at radius 1 is 0.969 bits per heavy atom. The van der Waals surface area contributed by atoms with Gasteiger partial charge in [-0.25, -0.2) is 0 Å². The lowest BCUT2D eigenvalue weighted by Crippen LogP contribution is -2.21. The van der Waals surface area contributed by atoms with E-state index in [4.69, 9.17) is 0 Å². The Hall–Kier alpha value is -1.74. The van der Waals surface area contributed by atoms with Crippen molar-refractivity contribution in [2.45, 2.75) is 117 Å². The first kappa shape index (κ1) is 30.3. The molecule has 2 N–H and O–H groups in total. The van der Waals surface area contributed by atoms with Gasteiger partial charge >= 0.3 is 0 Å². The van der Waals surface area contributed by atoms with Crippen molar-refractivity contribution in [3.8, 4) is 23.7 Å². The topological polar surface area (TPSA) is 40.5 Å². The Bertz CT molecular complexity index is 726. The molecule has 32 heavy (non-hydrogen) atoms. The maximum atomic E-state index is 10.5. The average Bonchev–Trinajstić information content (AvgIpc) is 2.64. The third kappa shape index (κ3) is 19.0. The molecule has 0 radical (unpaired) electrons. The fourth-order valence-corrected chi connectivity index (χ4v) is 3.32. The minimum Gasteiger partial charge on any atom is -0.378 e. The molecule has 0 heterocycles. The smallest absolute Gasteiger partial charge is 0.142 e. The van der Waals surface area contributed by atoms with Gasteiger partial charge in [0.05, 0.1) is 0 Å². The molecule has 0 spiro atoms. The Morgan fingerprint density at radius 3 is 2.25 bits per heavy atom. The van der Waals surface area contributed by atoms with Crippen LogP contribution in [0.2, 0.25) is 0 Å². The number of hydrogen-bond acceptors (Lipinski definition) is 2. The molecular formula is C30H48O2. The number of hydrogen-bond donors (Lipinski definition) is 2. The van der Waals surface area contributed by atoms with Crippen molar-refractivity contribution in [2.75, 3.05) is 0 Å². The monoisotopic (exact) mass is 440 g/mol. The molecule has 0 aliphatic rings. The van der Waals surface area contributed by atoms with E-state index in [-0.39, 0.29) is 0 Å². The van der Waals surface area contributed by atoms with Gasteiger partial charge in [0.25, 0.3) is 0 Å². The number of rotatable bonds is 14. The van der Waals surface area contributed by atoms with E-state index in [1.54, 1.807) is 19.9 Å². The summed E-state index contributed by atoms with van der Waals surface area (Å²) in [6, 6.07) is 0. The van der Waals surface area contributed by atoms with Gasteiger partial charge in [0.15, 0.2) is 0 Å². The van der Waals surface area contributed by atoms with E-state index in [0.29, 0.717) is 12.3 Å². The fraction of sp³-hybridized carbons (Fsp3) is 0.667. The predicted molar refractivity (Wildman–Crippen MR) is 140 cm³/mol. The van der Waals surface area contributed by atoms with Crippen molar-refractivity contribution in [2.24, 2.45) is 11.8 Å². The Morgan fingerprint density at radius 2 is 1.62 bits per heavy atom. The van der Waals surface area contributed by atoms with Gasteiger partial charge in [-0.15, -0.1) is 6.58 Å². The normalized spacial score (nSPS) is 16.5. The summed E-state index contributed by atoms with van der Waals surface area (Å²) in [6.07, 6.45) is 15.2. The van der Waals surface area contributed by atoms with Crippen molar-refractivity contribution in [3.05, 3.63) is 36.0 Å². The van der Waals surface area contributed by atoms with E-state index < -0.39 is 11.2 Å². The maximum absolute atomic E-state index is 10.5. The van der Waals surface area contributed by atoms with Gasteiger partial charge in [0.1, 0.15) is 11.2 Å². The Kier molecular flexibility index (Phi) is 15.1. The molecule has 3 atom stereocenters. The van der Waals surface area contributed by atoms with Crippen molar-refractivity contribution in [1.29, 1.82) is 0 Å². The summed E-state index contributed by atoms with van der Waals surface area (Å²) in [5.74, 6) is 12.4. The van der Waals surface area contributed by atoms with Crippen LogP contribution >= 0.6 is 0 Å². The minimum absolute atomic E-state index is 0.560. The van der Waals surface area contributed by atoms with Crippen molar-refractivity contribution < 1.29 is 10.2 Å². The molecule has 0 fully saturated rings. The lowest BCUT2D eigenvalue weighted by molar-refractivity contribution is 0.113. The van der Waals surface area contributed by atoms with Crippen LogP contribution in [0.3, 0.4) is 0 Å². The van der Waals surface area contributed by atoms with Gasteiger partial charge < -0.3 is 10.2 Å². The molecule has 0 aliphatic heterocycles. The quantitative estimate of drug-likeness (QED) is 0.218. The van der Waals surface area contributed by atoms with Crippen LogP contribution in [0.15, 0.2) is 36.0 Å². The minimum atomic E-state index is -1.21. The first-order chi connectivity index (χ1) is 14.8. The lowest BCUT2D eigenvalue weighted by atomic mass is 9.96. The third-order valence-corrected chi connectivity index (χ3v) is 5.47. The molecule has 0 bridgehead atoms. The summed E-state index contributed by atoms with van der Waals surface area (Å²) in [5, 5.41) is 20.9. The van der Waals surface area contributed by atoms with Gasteiger partial charge in [-0.05, 0) is 96.0 Å². The van der Waals surface area contributed by atoms with Gasteiger partial charge in [0, 0.05) is 0 Å². The average molecular weight is 441 g/mol. The van der Waals surface area contributed by atoms with Crippen molar-refractivity contribution in [1.82, 2.24) is 0 Å². The first-order valence-electron chi connectivity index (χ1n) is 12.3. The predicted octanol–water partition coefficient (Wildman–Crippen LogP) is 7.38. The summed E-state index contributed by atoms with van der Waals surface area (Å²) >= 11 is 0. The van der Waals surface area contributed by atoms with E-state index in [9.17, 15) is 10.2 Å². The van der Waals surface area contributed by atoms with Crippen LogP contribution in [0.1, 0.15) is 106 Å². The van der Waals surface area contributed by atoms with Gasteiger partial charge in [0.2, 0.25) is 0 Å². The number of aliphatic hydroxyl groups is 2. The van der Waals surface area contributed by atoms with Crippen LogP contribution in [-0.2, 0) is 0 Å². The molecule has 180 valence electrons. The van der Waals surface area contributed by atoms with E-state index >= 15 is 0 Å². The SMILES string of the molecule is C=C(C)CCC/C(C)=C/CCC(C)(O)C#CC#CC(C)(O)/C=C/CC(C)CCCC(C)C. The zero-order chi connectivity index (χ0) is 24.6. The molecule has 0 aromatic rings. The molecule has 0 aliphatic carbocycles. The molecule has 2 nitrogen and oxygen atoms in total. The summed E-state index contributed by atoms with van der Waals surface area (Å²) in [7, 11) is 0. The Balaban J connectivity index is 4.51. The van der Waals surface area contributed by atoms with E-state index in [0.717, 1.165) is 38.0 Å². The van der Waals surface area contributed by atoms with E-state index in [1.807, 2.05) is 6.08 Å². The van der Waals surface area contributed by atoms with Crippen molar-refractivity contribution >= 4 is 0 Å². The highest BCUT2D eigenvalue weighted by molar-refractivity contribution is 5.34. The highest BCUT2D eigenvalue weighted by atomic mass is 16.3. The summed E-state index contributed by atoms with van der Waals surface area (Å²) in [6.45, 7) is 18.3. The lowest BCUT2D eigenvalue weighted by Gasteiger charge is -2.14. The molecule has 2 heteroatoms. The summed E-state index contributed by atoms with van der Waals surface area (Å²) in [5.41, 5.74) is 0.267. The van der Waals surface area contributed by atoms with Gasteiger partial charge in [-0.1, -0.05) is 75.2 Å². The zero-order valence-corrected chi connectivity index (χ0v) is 21.9. The molecule has 0 aromatic carbocycles. The fourth-order valence-electron chi connectivity index (χ4n) is 3.32. The van der Waals surface area contributed by atoms with Gasteiger partial charge in [-0.2, -0.15) is 0 Å². The summed E-state index contributed by atoms with van der Waals surface area (Å²) in [4.78, 5) is 0. The third-order valence-electron chi connectivity index (χ3n) is 5.47. The highest BCUT2D eigenvalue weighted by Gasteiger charge is 2.15. The van der Waals surface area contributed by atoms with Crippen LogP contribution in [0.5, 0.6) is 0 Å².